The van der Waals surface area contributed by atoms with Crippen molar-refractivity contribution < 1.29 is 9.21 Å². The first-order chi connectivity index (χ1) is 7.66. The number of aromatic nitrogens is 1. The van der Waals surface area contributed by atoms with Gasteiger partial charge in [0.2, 0.25) is 0 Å². The highest BCUT2D eigenvalue weighted by Gasteiger charge is 2.10. The highest BCUT2D eigenvalue weighted by Crippen LogP contribution is 2.22. The average Bonchev–Trinajstić information content (AvgIpc) is 2.75. The average molecular weight is 282 g/mol. The van der Waals surface area contributed by atoms with Crippen molar-refractivity contribution in [2.45, 2.75) is 0 Å². The SMILES string of the molecule is Nc1cnc(NC(=O)c2ccoc2)c(Br)c1. The summed E-state index contributed by atoms with van der Waals surface area (Å²) in [7, 11) is 0. The number of nitrogens with two attached hydrogens (primary N) is 1. The molecular weight excluding hydrogens is 274 g/mol. The van der Waals surface area contributed by atoms with E-state index in [9.17, 15) is 4.79 Å². The molecule has 5 nitrogen and oxygen atoms in total. The predicted molar refractivity (Wildman–Crippen MR) is 63.0 cm³/mol. The third-order valence-corrected chi connectivity index (χ3v) is 2.48. The number of carbonyl (C=O) groups is 1. The summed E-state index contributed by atoms with van der Waals surface area (Å²) in [6.45, 7) is 0. The van der Waals surface area contributed by atoms with E-state index in [1.807, 2.05) is 0 Å². The molecule has 3 N–H and O–H groups in total. The summed E-state index contributed by atoms with van der Waals surface area (Å²) in [6.07, 6.45) is 4.26. The molecule has 0 fully saturated rings. The molecule has 2 aromatic heterocycles. The number of carbonyl (C=O) groups excluding carboxylic acids is 1. The first kappa shape index (κ1) is 10.7. The monoisotopic (exact) mass is 281 g/mol. The summed E-state index contributed by atoms with van der Waals surface area (Å²) in [5.74, 6) is 0.132. The molecule has 82 valence electrons. The van der Waals surface area contributed by atoms with E-state index in [2.05, 4.69) is 26.2 Å². The van der Waals surface area contributed by atoms with Crippen LogP contribution >= 0.6 is 15.9 Å². The largest absolute Gasteiger partial charge is 0.472 e. The summed E-state index contributed by atoms with van der Waals surface area (Å²) in [6, 6.07) is 3.23. The molecule has 0 radical (unpaired) electrons. The number of furan rings is 1. The van der Waals surface area contributed by atoms with Crippen LogP contribution in [0.25, 0.3) is 0 Å². The van der Waals surface area contributed by atoms with Crippen molar-refractivity contribution in [2.24, 2.45) is 0 Å². The van der Waals surface area contributed by atoms with Crippen LogP contribution in [0.15, 0.2) is 39.7 Å². The van der Waals surface area contributed by atoms with Crippen molar-refractivity contribution in [3.8, 4) is 0 Å². The molecule has 2 heterocycles. The van der Waals surface area contributed by atoms with Crippen molar-refractivity contribution in [3.05, 3.63) is 40.9 Å². The summed E-state index contributed by atoms with van der Waals surface area (Å²) in [5.41, 5.74) is 6.49. The van der Waals surface area contributed by atoms with Crippen molar-refractivity contribution in [1.29, 1.82) is 0 Å². The van der Waals surface area contributed by atoms with E-state index < -0.39 is 0 Å². The molecule has 0 atom stereocenters. The maximum absolute atomic E-state index is 11.6. The van der Waals surface area contributed by atoms with E-state index in [-0.39, 0.29) is 5.91 Å². The second-order valence-electron chi connectivity index (χ2n) is 3.07. The lowest BCUT2D eigenvalue weighted by Crippen LogP contribution is -2.12. The van der Waals surface area contributed by atoms with E-state index >= 15 is 0 Å². The third-order valence-electron chi connectivity index (χ3n) is 1.88. The van der Waals surface area contributed by atoms with Gasteiger partial charge < -0.3 is 15.5 Å². The van der Waals surface area contributed by atoms with Crippen LogP contribution in [0.4, 0.5) is 11.5 Å². The van der Waals surface area contributed by atoms with Gasteiger partial charge in [0.25, 0.3) is 5.91 Å². The lowest BCUT2D eigenvalue weighted by atomic mass is 10.3. The zero-order chi connectivity index (χ0) is 11.5. The van der Waals surface area contributed by atoms with Crippen LogP contribution in [-0.2, 0) is 0 Å². The lowest BCUT2D eigenvalue weighted by molar-refractivity contribution is 0.102. The van der Waals surface area contributed by atoms with Gasteiger partial charge in [0, 0.05) is 0 Å². The van der Waals surface area contributed by atoms with Gasteiger partial charge in [0.1, 0.15) is 12.1 Å². The third kappa shape index (κ3) is 2.22. The molecular formula is C10H8BrN3O2. The minimum absolute atomic E-state index is 0.285. The molecule has 0 aromatic carbocycles. The van der Waals surface area contributed by atoms with Crippen molar-refractivity contribution in [1.82, 2.24) is 4.98 Å². The van der Waals surface area contributed by atoms with Gasteiger partial charge in [0.15, 0.2) is 0 Å². The fourth-order valence-corrected chi connectivity index (χ4v) is 1.58. The molecule has 0 unspecified atom stereocenters. The van der Waals surface area contributed by atoms with E-state index in [4.69, 9.17) is 10.2 Å². The van der Waals surface area contributed by atoms with E-state index in [0.29, 0.717) is 21.5 Å². The molecule has 2 aromatic rings. The normalized spacial score (nSPS) is 10.1. The van der Waals surface area contributed by atoms with Crippen LogP contribution in [0.3, 0.4) is 0 Å². The number of pyridine rings is 1. The van der Waals surface area contributed by atoms with Crippen LogP contribution in [0.2, 0.25) is 0 Å². The van der Waals surface area contributed by atoms with Gasteiger partial charge in [-0.25, -0.2) is 4.98 Å². The Bertz CT molecular complexity index is 511. The Morgan fingerprint density at radius 1 is 1.56 bits per heavy atom. The standard InChI is InChI=1S/C10H8BrN3O2/c11-8-3-7(12)4-13-9(8)14-10(15)6-1-2-16-5-6/h1-5H,12H2,(H,13,14,15). The maximum Gasteiger partial charge on any atom is 0.260 e. The number of hydrogen-bond acceptors (Lipinski definition) is 4. The highest BCUT2D eigenvalue weighted by atomic mass is 79.9. The Morgan fingerprint density at radius 2 is 2.38 bits per heavy atom. The van der Waals surface area contributed by atoms with Gasteiger partial charge in [-0.3, -0.25) is 4.79 Å². The molecule has 1 amide bonds. The van der Waals surface area contributed by atoms with E-state index in [1.54, 1.807) is 12.1 Å². The van der Waals surface area contributed by atoms with Gasteiger partial charge >= 0.3 is 0 Å². The van der Waals surface area contributed by atoms with Gasteiger partial charge in [-0.05, 0) is 28.1 Å². The first-order valence-electron chi connectivity index (χ1n) is 4.41. The number of nitrogens with zero attached hydrogens (tertiary/aromatic N) is 1. The molecule has 6 heteroatoms. The summed E-state index contributed by atoms with van der Waals surface area (Å²) in [4.78, 5) is 15.6. The molecule has 16 heavy (non-hydrogen) atoms. The molecule has 0 spiro atoms. The molecule has 2 rings (SSSR count). The minimum Gasteiger partial charge on any atom is -0.472 e. The first-order valence-corrected chi connectivity index (χ1v) is 5.20. The molecule has 0 saturated carbocycles. The number of anilines is 2. The summed E-state index contributed by atoms with van der Waals surface area (Å²) in [5, 5.41) is 2.63. The zero-order valence-corrected chi connectivity index (χ0v) is 9.69. The summed E-state index contributed by atoms with van der Waals surface area (Å²) < 4.78 is 5.44. The van der Waals surface area contributed by atoms with Crippen LogP contribution < -0.4 is 11.1 Å². The number of rotatable bonds is 2. The fraction of sp³-hybridized carbons (Fsp3) is 0. The minimum atomic E-state index is -0.285. The van der Waals surface area contributed by atoms with Crippen LogP contribution in [0, 0.1) is 0 Å². The smallest absolute Gasteiger partial charge is 0.260 e. The molecule has 0 bridgehead atoms. The molecule has 0 aliphatic carbocycles. The molecule has 0 aliphatic rings. The quantitative estimate of drug-likeness (QED) is 0.885. The summed E-state index contributed by atoms with van der Waals surface area (Å²) >= 11 is 3.26. The number of hydrogen-bond donors (Lipinski definition) is 2. The topological polar surface area (TPSA) is 81.1 Å². The van der Waals surface area contributed by atoms with Crippen LogP contribution in [0.1, 0.15) is 10.4 Å². The van der Waals surface area contributed by atoms with Crippen molar-refractivity contribution in [2.75, 3.05) is 11.1 Å². The van der Waals surface area contributed by atoms with Gasteiger partial charge in [0.05, 0.1) is 28.2 Å². The Labute approximate surface area is 99.8 Å². The number of halogens is 1. The predicted octanol–water partition coefficient (Wildman–Crippen LogP) is 2.27. The number of amides is 1. The van der Waals surface area contributed by atoms with Gasteiger partial charge in [-0.2, -0.15) is 0 Å². The maximum atomic E-state index is 11.6. The van der Waals surface area contributed by atoms with E-state index in [1.165, 1.54) is 18.7 Å². The Kier molecular flexibility index (Phi) is 2.91. The Morgan fingerprint density at radius 3 is 3.00 bits per heavy atom. The zero-order valence-electron chi connectivity index (χ0n) is 8.11. The second-order valence-corrected chi connectivity index (χ2v) is 3.92. The lowest BCUT2D eigenvalue weighted by Gasteiger charge is -2.05. The van der Waals surface area contributed by atoms with Crippen LogP contribution in [-0.4, -0.2) is 10.9 Å². The van der Waals surface area contributed by atoms with E-state index in [0.717, 1.165) is 0 Å². The number of nitrogen functional groups attached to an aromatic ring is 1. The van der Waals surface area contributed by atoms with Gasteiger partial charge in [-0.1, -0.05) is 0 Å². The fourth-order valence-electron chi connectivity index (χ4n) is 1.12. The van der Waals surface area contributed by atoms with Crippen LogP contribution in [0.5, 0.6) is 0 Å². The van der Waals surface area contributed by atoms with Gasteiger partial charge in [-0.15, -0.1) is 0 Å². The molecule has 0 saturated heterocycles. The Balaban J connectivity index is 2.18. The second kappa shape index (κ2) is 4.36. The molecule has 0 aliphatic heterocycles. The number of nitrogens with one attached hydrogen (secondary N) is 1. The van der Waals surface area contributed by atoms with Crippen molar-refractivity contribution >= 4 is 33.3 Å². The van der Waals surface area contributed by atoms with Crippen molar-refractivity contribution in [3.63, 3.8) is 0 Å². The Hall–Kier alpha value is -1.82. The highest BCUT2D eigenvalue weighted by molar-refractivity contribution is 9.10.